The van der Waals surface area contributed by atoms with Crippen molar-refractivity contribution in [3.05, 3.63) is 65.7 Å². The molecule has 18 heavy (non-hydrogen) atoms. The minimum atomic E-state index is 0.613. The number of rotatable bonds is 2. The standard InChI is InChI=1S/C17H17N/c1-13-7-5-11-16-15(13)10-6-12-17(16)18-14-8-3-2-4-9-14/h2-6,8-13,18H,7H2,1H3. The van der Waals surface area contributed by atoms with Crippen LogP contribution in [0.2, 0.25) is 0 Å². The van der Waals surface area contributed by atoms with Gasteiger partial charge in [-0.05, 0) is 36.1 Å². The molecule has 0 saturated heterocycles. The van der Waals surface area contributed by atoms with Crippen molar-refractivity contribution >= 4 is 17.5 Å². The first-order valence-corrected chi connectivity index (χ1v) is 6.46. The summed E-state index contributed by atoms with van der Waals surface area (Å²) in [5.74, 6) is 0.613. The van der Waals surface area contributed by atoms with Crippen LogP contribution >= 0.6 is 0 Å². The van der Waals surface area contributed by atoms with Crippen LogP contribution in [0.25, 0.3) is 6.08 Å². The van der Waals surface area contributed by atoms with Crippen LogP contribution in [0.3, 0.4) is 0 Å². The molecule has 0 radical (unpaired) electrons. The number of fused-ring (bicyclic) bond motifs is 1. The van der Waals surface area contributed by atoms with Gasteiger partial charge in [-0.25, -0.2) is 0 Å². The maximum Gasteiger partial charge on any atom is 0.0460 e. The molecule has 0 bridgehead atoms. The van der Waals surface area contributed by atoms with E-state index >= 15 is 0 Å². The highest BCUT2D eigenvalue weighted by Crippen LogP contribution is 2.34. The number of anilines is 2. The lowest BCUT2D eigenvalue weighted by atomic mass is 9.87. The van der Waals surface area contributed by atoms with Crippen LogP contribution < -0.4 is 5.32 Å². The van der Waals surface area contributed by atoms with Crippen molar-refractivity contribution in [1.29, 1.82) is 0 Å². The predicted molar refractivity (Wildman–Crippen MR) is 78.2 cm³/mol. The summed E-state index contributed by atoms with van der Waals surface area (Å²) in [5, 5.41) is 3.50. The van der Waals surface area contributed by atoms with Gasteiger partial charge in [0.1, 0.15) is 0 Å². The predicted octanol–water partition coefficient (Wildman–Crippen LogP) is 4.95. The van der Waals surface area contributed by atoms with Crippen molar-refractivity contribution in [3.63, 3.8) is 0 Å². The maximum absolute atomic E-state index is 3.50. The first-order chi connectivity index (χ1) is 8.84. The highest BCUT2D eigenvalue weighted by molar-refractivity contribution is 5.75. The summed E-state index contributed by atoms with van der Waals surface area (Å²) in [6, 6.07) is 16.8. The normalized spacial score (nSPS) is 17.3. The van der Waals surface area contributed by atoms with Crippen LogP contribution in [0, 0.1) is 0 Å². The van der Waals surface area contributed by atoms with E-state index in [1.807, 2.05) is 6.07 Å². The van der Waals surface area contributed by atoms with Gasteiger partial charge >= 0.3 is 0 Å². The lowest BCUT2D eigenvalue weighted by Gasteiger charge is -2.21. The summed E-state index contributed by atoms with van der Waals surface area (Å²) in [7, 11) is 0. The zero-order valence-corrected chi connectivity index (χ0v) is 10.6. The van der Waals surface area contributed by atoms with Gasteiger partial charge in [0.2, 0.25) is 0 Å². The van der Waals surface area contributed by atoms with E-state index in [-0.39, 0.29) is 0 Å². The fraction of sp³-hybridized carbons (Fsp3) is 0.176. The van der Waals surface area contributed by atoms with Crippen molar-refractivity contribution < 1.29 is 0 Å². The van der Waals surface area contributed by atoms with Gasteiger partial charge in [0.05, 0.1) is 0 Å². The molecule has 90 valence electrons. The first-order valence-electron chi connectivity index (χ1n) is 6.46. The summed E-state index contributed by atoms with van der Waals surface area (Å²) < 4.78 is 0. The van der Waals surface area contributed by atoms with Crippen LogP contribution in [-0.2, 0) is 0 Å². The Bertz CT molecular complexity index is 569. The Morgan fingerprint density at radius 3 is 2.67 bits per heavy atom. The molecule has 1 aliphatic rings. The Kier molecular flexibility index (Phi) is 2.89. The van der Waals surface area contributed by atoms with Gasteiger partial charge in [0.25, 0.3) is 0 Å². The molecule has 1 unspecified atom stereocenters. The average Bonchev–Trinajstić information content (AvgIpc) is 2.41. The molecule has 1 nitrogen and oxygen atoms in total. The van der Waals surface area contributed by atoms with E-state index in [0.717, 1.165) is 12.1 Å². The smallest absolute Gasteiger partial charge is 0.0460 e. The number of nitrogens with one attached hydrogen (secondary N) is 1. The quantitative estimate of drug-likeness (QED) is 0.776. The number of para-hydroxylation sites is 1. The third kappa shape index (κ3) is 2.04. The van der Waals surface area contributed by atoms with Crippen LogP contribution in [0.5, 0.6) is 0 Å². The fourth-order valence-electron chi connectivity index (χ4n) is 2.50. The number of allylic oxidation sites excluding steroid dienone is 1. The first kappa shape index (κ1) is 11.1. The van der Waals surface area contributed by atoms with Gasteiger partial charge in [-0.15, -0.1) is 0 Å². The van der Waals surface area contributed by atoms with E-state index in [1.54, 1.807) is 0 Å². The summed E-state index contributed by atoms with van der Waals surface area (Å²) in [6.07, 6.45) is 5.64. The van der Waals surface area contributed by atoms with E-state index in [0.29, 0.717) is 5.92 Å². The van der Waals surface area contributed by atoms with E-state index in [9.17, 15) is 0 Å². The monoisotopic (exact) mass is 235 g/mol. The van der Waals surface area contributed by atoms with Crippen LogP contribution in [0.1, 0.15) is 30.4 Å². The van der Waals surface area contributed by atoms with Crippen molar-refractivity contribution in [3.8, 4) is 0 Å². The van der Waals surface area contributed by atoms with Crippen LogP contribution in [0.15, 0.2) is 54.6 Å². The van der Waals surface area contributed by atoms with Crippen molar-refractivity contribution in [2.45, 2.75) is 19.3 Å². The molecule has 0 saturated carbocycles. The van der Waals surface area contributed by atoms with E-state index in [1.165, 1.54) is 16.8 Å². The third-order valence-corrected chi connectivity index (χ3v) is 3.50. The number of benzene rings is 2. The highest BCUT2D eigenvalue weighted by Gasteiger charge is 2.14. The van der Waals surface area contributed by atoms with Gasteiger partial charge in [-0.1, -0.05) is 49.4 Å². The zero-order valence-electron chi connectivity index (χ0n) is 10.6. The number of hydrogen-bond donors (Lipinski definition) is 1. The Morgan fingerprint density at radius 1 is 1.00 bits per heavy atom. The Balaban J connectivity index is 1.99. The molecular weight excluding hydrogens is 218 g/mol. The van der Waals surface area contributed by atoms with E-state index in [4.69, 9.17) is 0 Å². The highest BCUT2D eigenvalue weighted by atomic mass is 14.9. The minimum absolute atomic E-state index is 0.613. The van der Waals surface area contributed by atoms with Crippen molar-refractivity contribution in [2.75, 3.05) is 5.32 Å². The van der Waals surface area contributed by atoms with Gasteiger partial charge in [-0.3, -0.25) is 0 Å². The molecule has 3 rings (SSSR count). The van der Waals surface area contributed by atoms with Crippen molar-refractivity contribution in [2.24, 2.45) is 0 Å². The third-order valence-electron chi connectivity index (χ3n) is 3.50. The Hall–Kier alpha value is -2.02. The molecule has 0 spiro atoms. The second kappa shape index (κ2) is 4.69. The van der Waals surface area contributed by atoms with Gasteiger partial charge in [-0.2, -0.15) is 0 Å². The SMILES string of the molecule is CC1CC=Cc2c(Nc3ccccc3)cccc21. The molecule has 0 fully saturated rings. The molecule has 1 heteroatoms. The molecule has 0 amide bonds. The summed E-state index contributed by atoms with van der Waals surface area (Å²) in [5.41, 5.74) is 5.11. The second-order valence-corrected chi connectivity index (χ2v) is 4.84. The minimum Gasteiger partial charge on any atom is -0.355 e. The summed E-state index contributed by atoms with van der Waals surface area (Å²) in [4.78, 5) is 0. The molecular formula is C17H17N. The molecule has 1 aliphatic carbocycles. The van der Waals surface area contributed by atoms with Gasteiger partial charge in [0, 0.05) is 16.9 Å². The largest absolute Gasteiger partial charge is 0.355 e. The van der Waals surface area contributed by atoms with Gasteiger partial charge in [0.15, 0.2) is 0 Å². The number of hydrogen-bond acceptors (Lipinski definition) is 1. The molecule has 1 atom stereocenters. The molecule has 1 N–H and O–H groups in total. The summed E-state index contributed by atoms with van der Waals surface area (Å²) in [6.45, 7) is 2.29. The maximum atomic E-state index is 3.50. The van der Waals surface area contributed by atoms with E-state index < -0.39 is 0 Å². The fourth-order valence-corrected chi connectivity index (χ4v) is 2.50. The second-order valence-electron chi connectivity index (χ2n) is 4.84. The van der Waals surface area contributed by atoms with Gasteiger partial charge < -0.3 is 5.32 Å². The van der Waals surface area contributed by atoms with Crippen LogP contribution in [-0.4, -0.2) is 0 Å². The lowest BCUT2D eigenvalue weighted by Crippen LogP contribution is -2.03. The Morgan fingerprint density at radius 2 is 1.83 bits per heavy atom. The van der Waals surface area contributed by atoms with Crippen LogP contribution in [0.4, 0.5) is 11.4 Å². The average molecular weight is 235 g/mol. The lowest BCUT2D eigenvalue weighted by molar-refractivity contribution is 0.772. The topological polar surface area (TPSA) is 12.0 Å². The summed E-state index contributed by atoms with van der Waals surface area (Å²) >= 11 is 0. The molecule has 2 aromatic rings. The Labute approximate surface area is 108 Å². The molecule has 0 aliphatic heterocycles. The van der Waals surface area contributed by atoms with Crippen molar-refractivity contribution in [1.82, 2.24) is 0 Å². The molecule has 2 aromatic carbocycles. The van der Waals surface area contributed by atoms with E-state index in [2.05, 4.69) is 66.9 Å². The zero-order chi connectivity index (χ0) is 12.4. The molecule has 0 heterocycles. The molecule has 0 aromatic heterocycles.